The van der Waals surface area contributed by atoms with E-state index in [2.05, 4.69) is 25.6 Å². The zero-order valence-electron chi connectivity index (χ0n) is 22.7. The van der Waals surface area contributed by atoms with Crippen molar-refractivity contribution in [3.05, 3.63) is 47.8 Å². The Morgan fingerprint density at radius 2 is 1.75 bits per heavy atom. The molecule has 3 nitrogen and oxygen atoms in total. The van der Waals surface area contributed by atoms with Gasteiger partial charge in [0.15, 0.2) is 0 Å². The van der Waals surface area contributed by atoms with Crippen molar-refractivity contribution in [2.45, 2.75) is 121 Å². The van der Waals surface area contributed by atoms with Gasteiger partial charge in [-0.05, 0) is 118 Å². The Labute approximate surface area is 218 Å². The van der Waals surface area contributed by atoms with Gasteiger partial charge in [0.25, 0.3) is 0 Å². The number of unbranched alkanes of at least 4 members (excludes halogenated alkanes) is 2. The van der Waals surface area contributed by atoms with Crippen LogP contribution in [0.1, 0.15) is 120 Å². The van der Waals surface area contributed by atoms with Gasteiger partial charge in [-0.2, -0.15) is 0 Å². The van der Waals surface area contributed by atoms with Crippen LogP contribution < -0.4 is 0 Å². The Kier molecular flexibility index (Phi) is 10.0. The van der Waals surface area contributed by atoms with Crippen LogP contribution in [0.15, 0.2) is 30.9 Å². The summed E-state index contributed by atoms with van der Waals surface area (Å²) in [7, 11) is 1.85. The number of amides is 1. The number of ether oxygens (including phenoxy) is 1. The molecule has 1 aromatic rings. The van der Waals surface area contributed by atoms with Gasteiger partial charge in [-0.15, -0.1) is 0 Å². The molecule has 1 heterocycles. The minimum Gasteiger partial charge on any atom is -0.378 e. The normalized spacial score (nSPS) is 31.1. The molecule has 1 aromatic carbocycles. The summed E-state index contributed by atoms with van der Waals surface area (Å²) in [5, 5.41) is 0. The maximum atomic E-state index is 15.2. The summed E-state index contributed by atoms with van der Waals surface area (Å²) in [4.78, 5) is 13.7. The molecule has 36 heavy (non-hydrogen) atoms. The lowest BCUT2D eigenvalue weighted by molar-refractivity contribution is -0.127. The molecule has 4 rings (SSSR count). The average Bonchev–Trinajstić information content (AvgIpc) is 2.93. The van der Waals surface area contributed by atoms with Crippen LogP contribution in [0.3, 0.4) is 0 Å². The maximum absolute atomic E-state index is 15.2. The van der Waals surface area contributed by atoms with Crippen molar-refractivity contribution in [1.29, 1.82) is 0 Å². The predicted molar refractivity (Wildman–Crippen MR) is 146 cm³/mol. The molecule has 0 spiro atoms. The number of halogens is 1. The van der Waals surface area contributed by atoms with E-state index in [1.807, 2.05) is 13.1 Å². The number of carbonyl (C=O) groups is 1. The summed E-state index contributed by atoms with van der Waals surface area (Å²) in [5.41, 5.74) is 2.05. The van der Waals surface area contributed by atoms with Crippen molar-refractivity contribution < 1.29 is 13.9 Å². The standard InChI is InChI=1S/C32H48FNO2/c1-4-6-7-8-23-9-20-31(36-22-23)26-12-10-24(11-13-26)27-16-19-29(30(33)21-27)25-14-17-28(18-15-25)34(3)32(35)5-2/h5,16,19,21,23-26,28,31H,2,4,6-15,17-18,20,22H2,1,3H3. The molecule has 2 unspecified atom stereocenters. The van der Waals surface area contributed by atoms with Crippen molar-refractivity contribution in [2.75, 3.05) is 13.7 Å². The number of nitrogens with zero attached hydrogens (tertiary/aromatic N) is 1. The summed E-state index contributed by atoms with van der Waals surface area (Å²) in [6.45, 7) is 6.83. The molecule has 4 heteroatoms. The van der Waals surface area contributed by atoms with Gasteiger partial charge in [0.05, 0.1) is 6.10 Å². The quantitative estimate of drug-likeness (QED) is 0.254. The number of rotatable bonds is 9. The fourth-order valence-electron chi connectivity index (χ4n) is 7.16. The Morgan fingerprint density at radius 3 is 2.36 bits per heavy atom. The predicted octanol–water partition coefficient (Wildman–Crippen LogP) is 8.15. The van der Waals surface area contributed by atoms with Crippen LogP contribution in [0.4, 0.5) is 4.39 Å². The van der Waals surface area contributed by atoms with Gasteiger partial charge in [-0.25, -0.2) is 4.39 Å². The molecule has 2 aliphatic carbocycles. The molecule has 2 saturated carbocycles. The minimum absolute atomic E-state index is 0.0228. The molecule has 1 saturated heterocycles. The summed E-state index contributed by atoms with van der Waals surface area (Å²) in [5.74, 6) is 2.14. The third kappa shape index (κ3) is 6.79. The van der Waals surface area contributed by atoms with Crippen LogP contribution in [0.2, 0.25) is 0 Å². The summed E-state index contributed by atoms with van der Waals surface area (Å²) >= 11 is 0. The van der Waals surface area contributed by atoms with E-state index in [0.29, 0.717) is 17.9 Å². The number of carbonyl (C=O) groups excluding carboxylic acids is 1. The number of hydrogen-bond acceptors (Lipinski definition) is 2. The van der Waals surface area contributed by atoms with E-state index >= 15 is 4.39 Å². The molecule has 0 radical (unpaired) electrons. The van der Waals surface area contributed by atoms with Crippen LogP contribution in [0.5, 0.6) is 0 Å². The SMILES string of the molecule is C=CC(=O)N(C)C1CCC(c2ccc(C3CCC(C4CCC(CCCCC)CO4)CC3)cc2F)CC1. The molecule has 3 fully saturated rings. The van der Waals surface area contributed by atoms with Crippen molar-refractivity contribution in [2.24, 2.45) is 11.8 Å². The fourth-order valence-corrected chi connectivity index (χ4v) is 7.16. The average molecular weight is 498 g/mol. The van der Waals surface area contributed by atoms with E-state index in [1.165, 1.54) is 63.0 Å². The van der Waals surface area contributed by atoms with E-state index < -0.39 is 0 Å². The highest BCUT2D eigenvalue weighted by atomic mass is 19.1. The first kappa shape index (κ1) is 27.4. The first-order valence-corrected chi connectivity index (χ1v) is 14.8. The molecular formula is C32H48FNO2. The first-order valence-electron chi connectivity index (χ1n) is 14.8. The first-order chi connectivity index (χ1) is 17.5. The number of hydrogen-bond donors (Lipinski definition) is 0. The Morgan fingerprint density at radius 1 is 1.03 bits per heavy atom. The van der Waals surface area contributed by atoms with Crippen LogP contribution in [-0.2, 0) is 9.53 Å². The summed E-state index contributed by atoms with van der Waals surface area (Å²) < 4.78 is 21.6. The highest BCUT2D eigenvalue weighted by Crippen LogP contribution is 2.42. The maximum Gasteiger partial charge on any atom is 0.245 e. The number of likely N-dealkylation sites (N-methyl/N-ethyl adjacent to an activating group) is 1. The van der Waals surface area contributed by atoms with Gasteiger partial charge in [-0.3, -0.25) is 4.79 Å². The van der Waals surface area contributed by atoms with Gasteiger partial charge in [0.2, 0.25) is 5.91 Å². The number of benzene rings is 1. The monoisotopic (exact) mass is 497 g/mol. The highest BCUT2D eigenvalue weighted by Gasteiger charge is 2.33. The van der Waals surface area contributed by atoms with E-state index in [0.717, 1.165) is 56.6 Å². The second kappa shape index (κ2) is 13.2. The second-order valence-corrected chi connectivity index (χ2v) is 11.9. The molecule has 200 valence electrons. The molecule has 2 atom stereocenters. The second-order valence-electron chi connectivity index (χ2n) is 11.9. The molecule has 0 aromatic heterocycles. The Bertz CT molecular complexity index is 846. The van der Waals surface area contributed by atoms with Crippen molar-refractivity contribution in [3.8, 4) is 0 Å². The van der Waals surface area contributed by atoms with Crippen molar-refractivity contribution in [3.63, 3.8) is 0 Å². The van der Waals surface area contributed by atoms with E-state index in [1.54, 1.807) is 4.90 Å². The van der Waals surface area contributed by atoms with Gasteiger partial charge in [-0.1, -0.05) is 44.9 Å². The fraction of sp³-hybridized carbons (Fsp3) is 0.719. The lowest BCUT2D eigenvalue weighted by Gasteiger charge is -2.38. The third-order valence-electron chi connectivity index (χ3n) is 9.62. The molecule has 3 aliphatic rings. The molecule has 0 bridgehead atoms. The zero-order chi connectivity index (χ0) is 25.5. The van der Waals surface area contributed by atoms with E-state index in [9.17, 15) is 4.79 Å². The topological polar surface area (TPSA) is 29.5 Å². The highest BCUT2D eigenvalue weighted by molar-refractivity contribution is 5.87. The lowest BCUT2D eigenvalue weighted by atomic mass is 9.74. The Balaban J connectivity index is 1.23. The van der Waals surface area contributed by atoms with Crippen LogP contribution >= 0.6 is 0 Å². The summed E-state index contributed by atoms with van der Waals surface area (Å²) in [6, 6.07) is 6.33. The largest absolute Gasteiger partial charge is 0.378 e. The summed E-state index contributed by atoms with van der Waals surface area (Å²) in [6.07, 6.45) is 18.2. The lowest BCUT2D eigenvalue weighted by Crippen LogP contribution is -2.38. The van der Waals surface area contributed by atoms with Crippen LogP contribution in [0.25, 0.3) is 0 Å². The van der Waals surface area contributed by atoms with E-state index in [4.69, 9.17) is 4.74 Å². The van der Waals surface area contributed by atoms with Gasteiger partial charge in [0.1, 0.15) is 5.82 Å². The van der Waals surface area contributed by atoms with Crippen LogP contribution in [-0.4, -0.2) is 36.6 Å². The zero-order valence-corrected chi connectivity index (χ0v) is 22.7. The van der Waals surface area contributed by atoms with Crippen LogP contribution in [0, 0.1) is 17.7 Å². The molecular weight excluding hydrogens is 449 g/mol. The van der Waals surface area contributed by atoms with Crippen molar-refractivity contribution >= 4 is 5.91 Å². The molecule has 1 amide bonds. The van der Waals surface area contributed by atoms with Crippen molar-refractivity contribution in [1.82, 2.24) is 4.90 Å². The Hall–Kier alpha value is -1.68. The molecule has 1 aliphatic heterocycles. The smallest absolute Gasteiger partial charge is 0.245 e. The molecule has 0 N–H and O–H groups in total. The van der Waals surface area contributed by atoms with Gasteiger partial charge in [0, 0.05) is 19.7 Å². The third-order valence-corrected chi connectivity index (χ3v) is 9.62. The van der Waals surface area contributed by atoms with Gasteiger partial charge >= 0.3 is 0 Å². The minimum atomic E-state index is -0.0293. The van der Waals surface area contributed by atoms with E-state index in [-0.39, 0.29) is 23.7 Å². The van der Waals surface area contributed by atoms with Gasteiger partial charge < -0.3 is 9.64 Å².